The molecular weight excluding hydrogens is 736 g/mol. The van der Waals surface area contributed by atoms with E-state index in [0.29, 0.717) is 45.8 Å². The van der Waals surface area contributed by atoms with Crippen LogP contribution in [-0.2, 0) is 25.5 Å². The van der Waals surface area contributed by atoms with Crippen LogP contribution in [0.15, 0.2) is 98.0 Å². The molecule has 0 saturated heterocycles. The lowest BCUT2D eigenvalue weighted by atomic mass is 9.79. The van der Waals surface area contributed by atoms with Gasteiger partial charge in [-0.25, -0.2) is 14.4 Å². The fourth-order valence-corrected chi connectivity index (χ4v) is 6.86. The van der Waals surface area contributed by atoms with Gasteiger partial charge in [-0.2, -0.15) is 0 Å². The number of nitro benzene ring substituents is 1. The topological polar surface area (TPSA) is 197 Å². The van der Waals surface area contributed by atoms with Crippen molar-refractivity contribution in [1.29, 1.82) is 0 Å². The molecule has 6 rings (SSSR count). The minimum Gasteiger partial charge on any atom is -0.508 e. The van der Waals surface area contributed by atoms with Crippen LogP contribution in [0.3, 0.4) is 0 Å². The van der Waals surface area contributed by atoms with Crippen molar-refractivity contribution in [3.05, 3.63) is 126 Å². The Morgan fingerprint density at radius 1 is 0.965 bits per heavy atom. The number of carbonyl (C=O) groups is 2. The van der Waals surface area contributed by atoms with E-state index >= 15 is 0 Å². The van der Waals surface area contributed by atoms with E-state index in [2.05, 4.69) is 11.4 Å². The highest BCUT2D eigenvalue weighted by molar-refractivity contribution is 6.02. The molecule has 57 heavy (non-hydrogen) atoms. The summed E-state index contributed by atoms with van der Waals surface area (Å²) in [5, 5.41) is 35.6. The van der Waals surface area contributed by atoms with Crippen molar-refractivity contribution in [3.8, 4) is 34.1 Å². The molecule has 0 saturated carbocycles. The third-order valence-corrected chi connectivity index (χ3v) is 9.47. The van der Waals surface area contributed by atoms with Crippen molar-refractivity contribution < 1.29 is 48.1 Å². The van der Waals surface area contributed by atoms with E-state index in [1.165, 1.54) is 51.7 Å². The molecule has 14 heteroatoms. The van der Waals surface area contributed by atoms with Gasteiger partial charge in [0.15, 0.2) is 5.58 Å². The molecule has 0 fully saturated rings. The van der Waals surface area contributed by atoms with Crippen molar-refractivity contribution in [2.24, 2.45) is 0 Å². The van der Waals surface area contributed by atoms with Crippen molar-refractivity contribution >= 4 is 34.7 Å². The normalized spacial score (nSPS) is 14.4. The number of allylic oxidation sites excluding steroid dienone is 4. The van der Waals surface area contributed by atoms with Gasteiger partial charge in [0.1, 0.15) is 39.5 Å². The minimum absolute atomic E-state index is 0.00458. The van der Waals surface area contributed by atoms with Gasteiger partial charge in [-0.3, -0.25) is 10.1 Å². The number of ether oxygens (including phenoxy) is 4. The number of methoxy groups -OCH3 is 3. The predicted molar refractivity (Wildman–Crippen MR) is 213 cm³/mol. The molecule has 1 aromatic heterocycles. The van der Waals surface area contributed by atoms with Crippen LogP contribution in [-0.4, -0.2) is 54.0 Å². The minimum atomic E-state index is -0.970. The second-order valence-corrected chi connectivity index (χ2v) is 14.1. The molecule has 3 aromatic carbocycles. The summed E-state index contributed by atoms with van der Waals surface area (Å²) in [6, 6.07) is 12.0. The summed E-state index contributed by atoms with van der Waals surface area (Å²) in [4.78, 5) is 48.5. The van der Waals surface area contributed by atoms with Crippen molar-refractivity contribution in [2.45, 2.75) is 59.5 Å². The number of nitro groups is 1. The molecule has 0 bridgehead atoms. The van der Waals surface area contributed by atoms with E-state index in [0.717, 1.165) is 11.1 Å². The standard InChI is InChI=1S/C26H26O6.C17H18N2O6/c1-14(2)6-11-17-22-18(12-13-26(3,4)32-22)24-20(23(17)30-5)21(28)19(25(29)31-24)15-7-9-16(27)10-8-15;1-9-13(16(20)24-3)15(14(10(2)18-9)17(21)25-4)11-7-5-6-8-12(11)19(22)23/h6-10,12-13,27-28H,11H2,1-5H3;5-8,15,18H,1-4H3. The first-order valence-electron chi connectivity index (χ1n) is 17.8. The molecule has 0 aliphatic carbocycles. The van der Waals surface area contributed by atoms with E-state index < -0.39 is 34.0 Å². The van der Waals surface area contributed by atoms with Gasteiger partial charge in [0, 0.05) is 28.6 Å². The predicted octanol–water partition coefficient (Wildman–Crippen LogP) is 7.75. The number of nitrogens with zero attached hydrogens (tertiary/aromatic N) is 1. The molecule has 298 valence electrons. The number of hydrogen-bond donors (Lipinski definition) is 3. The van der Waals surface area contributed by atoms with Gasteiger partial charge >= 0.3 is 17.6 Å². The van der Waals surface area contributed by atoms with Gasteiger partial charge in [-0.15, -0.1) is 0 Å². The molecule has 14 nitrogen and oxygen atoms in total. The van der Waals surface area contributed by atoms with Gasteiger partial charge in [-0.1, -0.05) is 42.0 Å². The van der Waals surface area contributed by atoms with E-state index in [-0.39, 0.29) is 45.0 Å². The van der Waals surface area contributed by atoms with Crippen molar-refractivity contribution in [2.75, 3.05) is 21.3 Å². The first-order chi connectivity index (χ1) is 27.0. The molecule has 2 aliphatic heterocycles. The SMILES string of the molecule is COC(=O)C1=C(C)NC(C)=C(C(=O)OC)C1c1ccccc1[N+](=O)[O-].COc1c(CC=C(C)C)c2c(c3oc(=O)c(-c4ccc(O)cc4)c(O)c13)C=CC(C)(C)O2. The zero-order valence-electron chi connectivity index (χ0n) is 33.1. The summed E-state index contributed by atoms with van der Waals surface area (Å²) >= 11 is 0. The van der Waals surface area contributed by atoms with Crippen LogP contribution in [0.25, 0.3) is 28.2 Å². The molecule has 3 heterocycles. The average molecular weight is 781 g/mol. The van der Waals surface area contributed by atoms with E-state index in [1.54, 1.807) is 32.0 Å². The summed E-state index contributed by atoms with van der Waals surface area (Å²) < 4.78 is 27.4. The van der Waals surface area contributed by atoms with Crippen LogP contribution < -0.4 is 20.4 Å². The van der Waals surface area contributed by atoms with Crippen LogP contribution in [0.4, 0.5) is 5.69 Å². The number of carbonyl (C=O) groups excluding carboxylic acids is 2. The third-order valence-electron chi connectivity index (χ3n) is 9.47. The maximum atomic E-state index is 12.9. The number of fused-ring (bicyclic) bond motifs is 3. The van der Waals surface area contributed by atoms with Crippen LogP contribution in [0, 0.1) is 10.1 Å². The van der Waals surface area contributed by atoms with Gasteiger partial charge in [0.2, 0.25) is 0 Å². The zero-order valence-corrected chi connectivity index (χ0v) is 33.1. The molecule has 4 aromatic rings. The van der Waals surface area contributed by atoms with Crippen molar-refractivity contribution in [3.63, 3.8) is 0 Å². The Kier molecular flexibility index (Phi) is 12.0. The number of rotatable bonds is 8. The Labute approximate surface area is 328 Å². The van der Waals surface area contributed by atoms with Crippen LogP contribution in [0.5, 0.6) is 23.0 Å². The lowest BCUT2D eigenvalue weighted by Crippen LogP contribution is -2.32. The number of benzene rings is 3. The Morgan fingerprint density at radius 2 is 1.56 bits per heavy atom. The number of nitrogens with one attached hydrogen (secondary N) is 1. The average Bonchev–Trinajstić information content (AvgIpc) is 3.16. The summed E-state index contributed by atoms with van der Waals surface area (Å²) in [6.07, 6.45) is 6.31. The number of phenolic OH excluding ortho intramolecular Hbond substituents is 1. The monoisotopic (exact) mass is 780 g/mol. The first kappa shape index (κ1) is 41.3. The number of dihydropyridines is 1. The van der Waals surface area contributed by atoms with E-state index in [4.69, 9.17) is 23.4 Å². The highest BCUT2D eigenvalue weighted by Gasteiger charge is 2.40. The number of phenols is 1. The van der Waals surface area contributed by atoms with Gasteiger partial charge < -0.3 is 38.9 Å². The Balaban J connectivity index is 0.000000225. The number of hydrogen-bond acceptors (Lipinski definition) is 13. The lowest BCUT2D eigenvalue weighted by molar-refractivity contribution is -0.385. The summed E-state index contributed by atoms with van der Waals surface area (Å²) in [7, 11) is 3.94. The Bertz CT molecular complexity index is 2430. The number of para-hydroxylation sites is 1. The zero-order chi connectivity index (χ0) is 41.9. The van der Waals surface area contributed by atoms with Gasteiger partial charge in [0.25, 0.3) is 5.69 Å². The fourth-order valence-electron chi connectivity index (χ4n) is 6.86. The molecule has 0 radical (unpaired) electrons. The van der Waals surface area contributed by atoms with E-state index in [9.17, 15) is 34.7 Å². The maximum absolute atomic E-state index is 12.9. The summed E-state index contributed by atoms with van der Waals surface area (Å²) in [5.74, 6) is -1.55. The summed E-state index contributed by atoms with van der Waals surface area (Å²) in [6.45, 7) is 11.2. The largest absolute Gasteiger partial charge is 0.508 e. The molecule has 2 aliphatic rings. The number of esters is 2. The Hall–Kier alpha value is -6.83. The quantitative estimate of drug-likeness (QED) is 0.0516. The first-order valence-corrected chi connectivity index (χ1v) is 17.8. The summed E-state index contributed by atoms with van der Waals surface area (Å²) in [5.41, 5.74) is 3.04. The Morgan fingerprint density at radius 3 is 2.11 bits per heavy atom. The van der Waals surface area contributed by atoms with Crippen LogP contribution in [0.1, 0.15) is 64.2 Å². The highest BCUT2D eigenvalue weighted by Crippen LogP contribution is 2.50. The molecule has 0 amide bonds. The third kappa shape index (κ3) is 8.11. The van der Waals surface area contributed by atoms with Gasteiger partial charge in [-0.05, 0) is 77.8 Å². The fraction of sp³-hybridized carbons (Fsp3) is 0.279. The van der Waals surface area contributed by atoms with Crippen molar-refractivity contribution in [1.82, 2.24) is 5.32 Å². The van der Waals surface area contributed by atoms with E-state index in [1.807, 2.05) is 39.8 Å². The van der Waals surface area contributed by atoms with Crippen LogP contribution >= 0.6 is 0 Å². The second-order valence-electron chi connectivity index (χ2n) is 14.1. The molecule has 0 spiro atoms. The highest BCUT2D eigenvalue weighted by atomic mass is 16.6. The smallest absolute Gasteiger partial charge is 0.348 e. The maximum Gasteiger partial charge on any atom is 0.348 e. The molecular formula is C43H44N2O12. The number of aromatic hydroxyl groups is 2. The van der Waals surface area contributed by atoms with Crippen LogP contribution in [0.2, 0.25) is 0 Å². The van der Waals surface area contributed by atoms with Gasteiger partial charge in [0.05, 0.1) is 48.9 Å². The molecule has 3 N–H and O–H groups in total. The lowest BCUT2D eigenvalue weighted by Gasteiger charge is -2.31. The molecule has 0 unspecified atom stereocenters. The second kappa shape index (κ2) is 16.5. The molecule has 0 atom stereocenters.